The molecule has 2 amide bonds. The van der Waals surface area contributed by atoms with Crippen molar-refractivity contribution in [3.8, 4) is 28.3 Å². The molecule has 12 heteroatoms. The number of hydrogen-bond acceptors (Lipinski definition) is 7. The number of amides is 2. The number of anilines is 1. The van der Waals surface area contributed by atoms with Crippen LogP contribution in [0.15, 0.2) is 48.5 Å². The number of nitrogens with zero attached hydrogens (tertiary/aromatic N) is 4. The van der Waals surface area contributed by atoms with Gasteiger partial charge in [0.15, 0.2) is 12.1 Å². The first kappa shape index (κ1) is 31.0. The van der Waals surface area contributed by atoms with Crippen LogP contribution in [0.2, 0.25) is 10.0 Å². The van der Waals surface area contributed by atoms with Crippen molar-refractivity contribution in [3.63, 3.8) is 0 Å². The first-order valence-corrected chi connectivity index (χ1v) is 14.6. The summed E-state index contributed by atoms with van der Waals surface area (Å²) in [7, 11) is 3.22. The molecule has 0 bridgehead atoms. The zero-order chi connectivity index (χ0) is 31.8. The molecule has 0 saturated heterocycles. The van der Waals surface area contributed by atoms with E-state index in [1.165, 1.54) is 7.11 Å². The summed E-state index contributed by atoms with van der Waals surface area (Å²) in [5.74, 6) is -0.0623. The minimum atomic E-state index is -0.612. The third-order valence-corrected chi connectivity index (χ3v) is 7.95. The van der Waals surface area contributed by atoms with Crippen LogP contribution in [0.4, 0.5) is 10.5 Å². The number of aldehydes is 1. The normalized spacial score (nSPS) is 12.8. The van der Waals surface area contributed by atoms with Gasteiger partial charge >= 0.3 is 6.09 Å². The van der Waals surface area contributed by atoms with Gasteiger partial charge in [-0.2, -0.15) is 0 Å². The van der Waals surface area contributed by atoms with Crippen molar-refractivity contribution in [1.82, 2.24) is 19.4 Å². The summed E-state index contributed by atoms with van der Waals surface area (Å²) in [6.07, 6.45) is 0.792. The predicted octanol–water partition coefficient (Wildman–Crippen LogP) is 6.82. The van der Waals surface area contributed by atoms with Crippen molar-refractivity contribution in [2.24, 2.45) is 7.05 Å². The predicted molar refractivity (Wildman–Crippen MR) is 169 cm³/mol. The van der Waals surface area contributed by atoms with E-state index in [0.717, 1.165) is 5.69 Å². The lowest BCUT2D eigenvalue weighted by Crippen LogP contribution is -2.40. The van der Waals surface area contributed by atoms with E-state index >= 15 is 0 Å². The lowest BCUT2D eigenvalue weighted by atomic mass is 10.00. The number of hydrogen-bond donors (Lipinski definition) is 1. The Morgan fingerprint density at radius 2 is 1.66 bits per heavy atom. The standard InChI is InChI=1S/C32H31Cl2N5O5/c1-32(2,3)44-31(42)39-15-14-25-24(16-39)35-28(38(25)4)29(41)36-23-11-7-9-20(27(23)34)19-8-6-10-21(26(19)33)22-13-12-18(17-40)30(37-22)43-5/h6-13,17H,14-16H2,1-5H3,(H,36,41). The van der Waals surface area contributed by atoms with Gasteiger partial charge in [-0.25, -0.2) is 14.8 Å². The van der Waals surface area contributed by atoms with Gasteiger partial charge in [-0.05, 0) is 39.0 Å². The van der Waals surface area contributed by atoms with Gasteiger partial charge in [0.2, 0.25) is 5.88 Å². The summed E-state index contributed by atoms with van der Waals surface area (Å²) in [6.45, 7) is 6.15. The fraction of sp³-hybridized carbons (Fsp3) is 0.281. The number of imidazole rings is 1. The minimum Gasteiger partial charge on any atom is -0.480 e. The molecule has 5 rings (SSSR count). The van der Waals surface area contributed by atoms with Crippen LogP contribution >= 0.6 is 23.2 Å². The Morgan fingerprint density at radius 3 is 2.34 bits per heavy atom. The lowest BCUT2D eigenvalue weighted by molar-refractivity contribution is 0.0220. The fourth-order valence-corrected chi connectivity index (χ4v) is 5.62. The molecule has 2 aromatic heterocycles. The van der Waals surface area contributed by atoms with Crippen LogP contribution in [0.5, 0.6) is 5.88 Å². The Morgan fingerprint density at radius 1 is 0.977 bits per heavy atom. The highest BCUT2D eigenvalue weighted by Crippen LogP contribution is 2.41. The number of rotatable bonds is 6. The van der Waals surface area contributed by atoms with Crippen molar-refractivity contribution in [3.05, 3.63) is 81.4 Å². The van der Waals surface area contributed by atoms with Crippen molar-refractivity contribution >= 4 is 47.2 Å². The summed E-state index contributed by atoms with van der Waals surface area (Å²) < 4.78 is 12.5. The van der Waals surface area contributed by atoms with Gasteiger partial charge in [-0.1, -0.05) is 53.5 Å². The minimum absolute atomic E-state index is 0.190. The number of halogens is 2. The van der Waals surface area contributed by atoms with E-state index in [-0.39, 0.29) is 23.3 Å². The monoisotopic (exact) mass is 635 g/mol. The SMILES string of the molecule is COc1nc(-c2cccc(-c3cccc(NC(=O)c4nc5c(n4C)CCN(C(=O)OC(C)(C)C)C5)c3Cl)c2Cl)ccc1C=O. The number of pyridine rings is 1. The smallest absolute Gasteiger partial charge is 0.410 e. The third-order valence-electron chi connectivity index (χ3n) is 7.13. The highest BCUT2D eigenvalue weighted by Gasteiger charge is 2.30. The number of aromatic nitrogens is 3. The molecule has 4 aromatic rings. The summed E-state index contributed by atoms with van der Waals surface area (Å²) in [5.41, 5.74) is 3.97. The summed E-state index contributed by atoms with van der Waals surface area (Å²) in [4.78, 5) is 48.0. The maximum atomic E-state index is 13.4. The molecule has 0 fully saturated rings. The molecule has 0 radical (unpaired) electrons. The van der Waals surface area contributed by atoms with Crippen LogP contribution in [0.3, 0.4) is 0 Å². The van der Waals surface area contributed by atoms with Gasteiger partial charge in [-0.3, -0.25) is 9.59 Å². The topological polar surface area (TPSA) is 116 Å². The van der Waals surface area contributed by atoms with Gasteiger partial charge in [0.05, 0.1) is 46.3 Å². The van der Waals surface area contributed by atoms with Crippen LogP contribution in [-0.2, 0) is 24.8 Å². The van der Waals surface area contributed by atoms with E-state index in [1.54, 1.807) is 52.9 Å². The lowest BCUT2D eigenvalue weighted by Gasteiger charge is -2.29. The maximum absolute atomic E-state index is 13.4. The molecule has 0 aliphatic carbocycles. The van der Waals surface area contributed by atoms with Crippen molar-refractivity contribution < 1.29 is 23.9 Å². The Bertz CT molecular complexity index is 1780. The zero-order valence-corrected chi connectivity index (χ0v) is 26.4. The van der Waals surface area contributed by atoms with Gasteiger partial charge in [0, 0.05) is 42.4 Å². The molecule has 1 aliphatic rings. The summed E-state index contributed by atoms with van der Waals surface area (Å²) >= 11 is 13.7. The maximum Gasteiger partial charge on any atom is 0.410 e. The van der Waals surface area contributed by atoms with E-state index in [4.69, 9.17) is 32.7 Å². The summed E-state index contributed by atoms with van der Waals surface area (Å²) in [5, 5.41) is 3.56. The average Bonchev–Trinajstić information content (AvgIpc) is 3.33. The van der Waals surface area contributed by atoms with Gasteiger partial charge in [0.25, 0.3) is 5.91 Å². The van der Waals surface area contributed by atoms with Crippen LogP contribution in [0.25, 0.3) is 22.4 Å². The molecule has 2 aromatic carbocycles. The van der Waals surface area contributed by atoms with E-state index in [2.05, 4.69) is 15.3 Å². The van der Waals surface area contributed by atoms with Crippen LogP contribution in [-0.4, -0.2) is 57.0 Å². The number of ether oxygens (including phenoxy) is 2. The van der Waals surface area contributed by atoms with Gasteiger partial charge in [-0.15, -0.1) is 0 Å². The molecule has 0 spiro atoms. The highest BCUT2D eigenvalue weighted by atomic mass is 35.5. The highest BCUT2D eigenvalue weighted by molar-refractivity contribution is 6.39. The molecule has 1 aliphatic heterocycles. The fourth-order valence-electron chi connectivity index (χ4n) is 5.02. The second kappa shape index (κ2) is 12.3. The molecule has 44 heavy (non-hydrogen) atoms. The second-order valence-electron chi connectivity index (χ2n) is 11.2. The zero-order valence-electron chi connectivity index (χ0n) is 24.9. The second-order valence-corrected chi connectivity index (χ2v) is 12.0. The molecular weight excluding hydrogens is 605 g/mol. The number of carbonyl (C=O) groups is 3. The Kier molecular flexibility index (Phi) is 8.67. The van der Waals surface area contributed by atoms with E-state index in [9.17, 15) is 14.4 Å². The summed E-state index contributed by atoms with van der Waals surface area (Å²) in [6, 6.07) is 14.0. The first-order valence-electron chi connectivity index (χ1n) is 13.8. The quantitative estimate of drug-likeness (QED) is 0.231. The van der Waals surface area contributed by atoms with E-state index < -0.39 is 17.6 Å². The van der Waals surface area contributed by atoms with Gasteiger partial charge in [0.1, 0.15) is 5.60 Å². The molecular formula is C32H31Cl2N5O5. The molecule has 10 nitrogen and oxygen atoms in total. The molecule has 0 atom stereocenters. The largest absolute Gasteiger partial charge is 0.480 e. The Labute approximate surface area is 264 Å². The van der Waals surface area contributed by atoms with E-state index in [0.29, 0.717) is 63.6 Å². The van der Waals surface area contributed by atoms with Gasteiger partial charge < -0.3 is 24.3 Å². The van der Waals surface area contributed by atoms with Crippen LogP contribution in [0.1, 0.15) is 53.1 Å². The van der Waals surface area contributed by atoms with Crippen molar-refractivity contribution in [2.75, 3.05) is 19.0 Å². The van der Waals surface area contributed by atoms with Crippen molar-refractivity contribution in [1.29, 1.82) is 0 Å². The number of methoxy groups -OCH3 is 1. The average molecular weight is 637 g/mol. The number of fused-ring (bicyclic) bond motifs is 1. The van der Waals surface area contributed by atoms with Crippen molar-refractivity contribution in [2.45, 2.75) is 39.3 Å². The van der Waals surface area contributed by atoms with E-state index in [1.807, 2.05) is 32.9 Å². The molecule has 1 N–H and O–H groups in total. The molecule has 0 saturated carbocycles. The van der Waals surface area contributed by atoms with Crippen LogP contribution in [0, 0.1) is 0 Å². The number of benzene rings is 2. The first-order chi connectivity index (χ1) is 20.9. The molecule has 3 heterocycles. The number of carbonyl (C=O) groups excluding carboxylic acids is 3. The van der Waals surface area contributed by atoms with Crippen LogP contribution < -0.4 is 10.1 Å². The number of nitrogens with one attached hydrogen (secondary N) is 1. The third kappa shape index (κ3) is 6.13. The Balaban J connectivity index is 1.40. The molecule has 0 unspecified atom stereocenters. The Hall–Kier alpha value is -4.41. The molecule has 228 valence electrons.